The molecule has 2 amide bonds. The fourth-order valence-corrected chi connectivity index (χ4v) is 1.24. The molecule has 4 heteroatoms. The summed E-state index contributed by atoms with van der Waals surface area (Å²) in [7, 11) is 0. The van der Waals surface area contributed by atoms with Crippen LogP contribution in [0.5, 0.6) is 0 Å². The molecule has 1 rings (SSSR count). The lowest BCUT2D eigenvalue weighted by molar-refractivity contribution is 0.138. The zero-order valence-corrected chi connectivity index (χ0v) is 7.97. The minimum Gasteiger partial charge on any atom is -0.386 e. The molecule has 0 heterocycles. The SMILES string of the molecule is CC(NC(N)=O)C(O)c1ccccc1. The Morgan fingerprint density at radius 1 is 1.43 bits per heavy atom. The molecule has 0 aromatic heterocycles. The molecule has 0 fully saturated rings. The van der Waals surface area contributed by atoms with Crippen LogP contribution < -0.4 is 11.1 Å². The van der Waals surface area contributed by atoms with Gasteiger partial charge in [0.15, 0.2) is 0 Å². The standard InChI is InChI=1S/C10H14N2O2/c1-7(12-10(11)14)9(13)8-5-3-2-4-6-8/h2-7,9,13H,1H3,(H3,11,12,14). The molecule has 4 nitrogen and oxygen atoms in total. The van der Waals surface area contributed by atoms with Crippen LogP contribution in [-0.4, -0.2) is 17.2 Å². The van der Waals surface area contributed by atoms with Crippen molar-refractivity contribution in [2.75, 3.05) is 0 Å². The third-order valence-electron chi connectivity index (χ3n) is 1.98. The number of rotatable bonds is 3. The van der Waals surface area contributed by atoms with Crippen molar-refractivity contribution in [3.05, 3.63) is 35.9 Å². The lowest BCUT2D eigenvalue weighted by Crippen LogP contribution is -2.40. The van der Waals surface area contributed by atoms with Gasteiger partial charge in [0.2, 0.25) is 0 Å². The molecule has 76 valence electrons. The lowest BCUT2D eigenvalue weighted by Gasteiger charge is -2.19. The second-order valence-corrected chi connectivity index (χ2v) is 3.15. The molecule has 0 spiro atoms. The third kappa shape index (κ3) is 2.74. The third-order valence-corrected chi connectivity index (χ3v) is 1.98. The second kappa shape index (κ2) is 4.62. The number of benzene rings is 1. The number of carbonyl (C=O) groups excluding carboxylic acids is 1. The van der Waals surface area contributed by atoms with Crippen LogP contribution in [-0.2, 0) is 0 Å². The van der Waals surface area contributed by atoms with Crippen molar-refractivity contribution < 1.29 is 9.90 Å². The molecule has 0 aliphatic carbocycles. The van der Waals surface area contributed by atoms with Gasteiger partial charge in [-0.25, -0.2) is 4.79 Å². The van der Waals surface area contributed by atoms with Gasteiger partial charge in [0.05, 0.1) is 12.1 Å². The van der Waals surface area contributed by atoms with Gasteiger partial charge >= 0.3 is 6.03 Å². The lowest BCUT2D eigenvalue weighted by atomic mass is 10.0. The van der Waals surface area contributed by atoms with Crippen molar-refractivity contribution in [3.63, 3.8) is 0 Å². The fraction of sp³-hybridized carbons (Fsp3) is 0.300. The molecule has 14 heavy (non-hydrogen) atoms. The maximum atomic E-state index is 10.5. The van der Waals surface area contributed by atoms with E-state index >= 15 is 0 Å². The number of aliphatic hydroxyl groups excluding tert-OH is 1. The predicted molar refractivity (Wildman–Crippen MR) is 53.6 cm³/mol. The zero-order valence-electron chi connectivity index (χ0n) is 7.97. The predicted octanol–water partition coefficient (Wildman–Crippen LogP) is 0.777. The molecule has 0 bridgehead atoms. The highest BCUT2D eigenvalue weighted by atomic mass is 16.3. The molecule has 1 aromatic carbocycles. The van der Waals surface area contributed by atoms with E-state index in [0.717, 1.165) is 5.56 Å². The molecule has 0 saturated carbocycles. The first-order chi connectivity index (χ1) is 6.61. The summed E-state index contributed by atoms with van der Waals surface area (Å²) in [5.74, 6) is 0. The molecule has 0 saturated heterocycles. The molecule has 1 aromatic rings. The van der Waals surface area contributed by atoms with Crippen molar-refractivity contribution in [1.29, 1.82) is 0 Å². The van der Waals surface area contributed by atoms with Crippen molar-refractivity contribution >= 4 is 6.03 Å². The number of nitrogens with one attached hydrogen (secondary N) is 1. The van der Waals surface area contributed by atoms with Gasteiger partial charge in [0, 0.05) is 0 Å². The first kappa shape index (κ1) is 10.5. The number of hydrogen-bond acceptors (Lipinski definition) is 2. The molecule has 0 aliphatic rings. The Kier molecular flexibility index (Phi) is 3.48. The van der Waals surface area contributed by atoms with Crippen molar-refractivity contribution in [1.82, 2.24) is 5.32 Å². The molecular formula is C10H14N2O2. The van der Waals surface area contributed by atoms with Crippen molar-refractivity contribution in [3.8, 4) is 0 Å². The van der Waals surface area contributed by atoms with E-state index in [2.05, 4.69) is 5.32 Å². The summed E-state index contributed by atoms with van der Waals surface area (Å²) in [6.45, 7) is 1.70. The van der Waals surface area contributed by atoms with Crippen LogP contribution in [0, 0.1) is 0 Å². The van der Waals surface area contributed by atoms with E-state index in [1.54, 1.807) is 19.1 Å². The quantitative estimate of drug-likeness (QED) is 0.665. The Hall–Kier alpha value is -1.55. The van der Waals surface area contributed by atoms with E-state index < -0.39 is 18.2 Å². The average molecular weight is 194 g/mol. The maximum absolute atomic E-state index is 10.5. The summed E-state index contributed by atoms with van der Waals surface area (Å²) < 4.78 is 0. The topological polar surface area (TPSA) is 75.3 Å². The van der Waals surface area contributed by atoms with E-state index in [9.17, 15) is 9.90 Å². The van der Waals surface area contributed by atoms with E-state index in [0.29, 0.717) is 0 Å². The van der Waals surface area contributed by atoms with E-state index in [-0.39, 0.29) is 0 Å². The molecular weight excluding hydrogens is 180 g/mol. The first-order valence-corrected chi connectivity index (χ1v) is 4.40. The Morgan fingerprint density at radius 3 is 2.50 bits per heavy atom. The van der Waals surface area contributed by atoms with Crippen LogP contribution >= 0.6 is 0 Å². The van der Waals surface area contributed by atoms with Gasteiger partial charge < -0.3 is 16.2 Å². The molecule has 4 N–H and O–H groups in total. The Morgan fingerprint density at radius 2 is 2.00 bits per heavy atom. The number of primary amides is 1. The number of carbonyl (C=O) groups is 1. The van der Waals surface area contributed by atoms with E-state index in [1.165, 1.54) is 0 Å². The first-order valence-electron chi connectivity index (χ1n) is 4.40. The smallest absolute Gasteiger partial charge is 0.312 e. The van der Waals surface area contributed by atoms with Crippen LogP contribution in [0.25, 0.3) is 0 Å². The number of nitrogens with two attached hydrogens (primary N) is 1. The molecule has 2 atom stereocenters. The normalized spacial score (nSPS) is 14.4. The summed E-state index contributed by atoms with van der Waals surface area (Å²) >= 11 is 0. The van der Waals surface area contributed by atoms with Gasteiger partial charge in [-0.05, 0) is 12.5 Å². The van der Waals surface area contributed by atoms with Crippen molar-refractivity contribution in [2.45, 2.75) is 19.1 Å². The highest BCUT2D eigenvalue weighted by Crippen LogP contribution is 2.15. The molecule has 2 unspecified atom stereocenters. The highest BCUT2D eigenvalue weighted by Gasteiger charge is 2.16. The van der Waals surface area contributed by atoms with Crippen LogP contribution in [0.15, 0.2) is 30.3 Å². The second-order valence-electron chi connectivity index (χ2n) is 3.15. The number of urea groups is 1. The fourth-order valence-electron chi connectivity index (χ4n) is 1.24. The van der Waals surface area contributed by atoms with E-state index in [1.807, 2.05) is 18.2 Å². The van der Waals surface area contributed by atoms with Crippen LogP contribution in [0.3, 0.4) is 0 Å². The number of hydrogen-bond donors (Lipinski definition) is 3. The highest BCUT2D eigenvalue weighted by molar-refractivity contribution is 5.72. The summed E-state index contributed by atoms with van der Waals surface area (Å²) in [4.78, 5) is 10.5. The van der Waals surface area contributed by atoms with Gasteiger partial charge in [-0.3, -0.25) is 0 Å². The minimum absolute atomic E-state index is 0.394. The Bertz CT molecular complexity index is 300. The summed E-state index contributed by atoms with van der Waals surface area (Å²) in [5, 5.41) is 12.2. The maximum Gasteiger partial charge on any atom is 0.312 e. The van der Waals surface area contributed by atoms with Crippen LogP contribution in [0.4, 0.5) is 4.79 Å². The number of amides is 2. The monoisotopic (exact) mass is 194 g/mol. The van der Waals surface area contributed by atoms with Gasteiger partial charge in [0.25, 0.3) is 0 Å². The summed E-state index contributed by atoms with van der Waals surface area (Å²) in [5.41, 5.74) is 5.71. The van der Waals surface area contributed by atoms with E-state index in [4.69, 9.17) is 5.73 Å². The van der Waals surface area contributed by atoms with Gasteiger partial charge in [-0.1, -0.05) is 30.3 Å². The Labute approximate surface area is 82.7 Å². The van der Waals surface area contributed by atoms with Crippen LogP contribution in [0.2, 0.25) is 0 Å². The van der Waals surface area contributed by atoms with Crippen molar-refractivity contribution in [2.24, 2.45) is 5.73 Å². The minimum atomic E-state index is -0.733. The summed E-state index contributed by atoms with van der Waals surface area (Å²) in [6, 6.07) is 8.09. The molecule has 0 aliphatic heterocycles. The largest absolute Gasteiger partial charge is 0.386 e. The van der Waals surface area contributed by atoms with Gasteiger partial charge in [-0.15, -0.1) is 0 Å². The zero-order chi connectivity index (χ0) is 10.6. The number of aliphatic hydroxyl groups is 1. The molecule has 0 radical (unpaired) electrons. The van der Waals surface area contributed by atoms with Gasteiger partial charge in [-0.2, -0.15) is 0 Å². The van der Waals surface area contributed by atoms with Gasteiger partial charge in [0.1, 0.15) is 0 Å². The van der Waals surface area contributed by atoms with Crippen LogP contribution in [0.1, 0.15) is 18.6 Å². The summed E-state index contributed by atoms with van der Waals surface area (Å²) in [6.07, 6.45) is -0.733. The Balaban J connectivity index is 2.65. The average Bonchev–Trinajstić information content (AvgIpc) is 2.17.